The summed E-state index contributed by atoms with van der Waals surface area (Å²) in [5, 5.41) is 0.800. The van der Waals surface area contributed by atoms with Gasteiger partial charge in [-0.25, -0.2) is 4.98 Å². The second-order valence-electron chi connectivity index (χ2n) is 3.78. The van der Waals surface area contributed by atoms with Crippen molar-refractivity contribution in [2.24, 2.45) is 0 Å². The van der Waals surface area contributed by atoms with Crippen LogP contribution in [-0.2, 0) is 13.6 Å². The smallest absolute Gasteiger partial charge is 0.308 e. The van der Waals surface area contributed by atoms with Gasteiger partial charge in [-0.05, 0) is 19.1 Å². The van der Waals surface area contributed by atoms with Gasteiger partial charge in [0, 0.05) is 24.3 Å². The number of aryl methyl sites for hydroxylation is 1. The SMILES string of the molecule is COP(=O)(OC)c1sc(-c2ccc(Br)cc2)nc1C. The Morgan fingerprint density at radius 1 is 1.21 bits per heavy atom. The molecule has 0 atom stereocenters. The molecule has 7 heteroatoms. The molecule has 0 aliphatic heterocycles. The zero-order chi connectivity index (χ0) is 14.0. The van der Waals surface area contributed by atoms with Crippen LogP contribution in [0.25, 0.3) is 10.6 Å². The molecule has 2 aromatic rings. The highest BCUT2D eigenvalue weighted by Crippen LogP contribution is 2.48. The third-order valence-electron chi connectivity index (χ3n) is 2.59. The first-order valence-corrected chi connectivity index (χ1v) is 8.61. The highest BCUT2D eigenvalue weighted by molar-refractivity contribution is 9.10. The van der Waals surface area contributed by atoms with Gasteiger partial charge in [0.05, 0.1) is 5.69 Å². The largest absolute Gasteiger partial charge is 0.372 e. The van der Waals surface area contributed by atoms with Crippen LogP contribution < -0.4 is 4.62 Å². The van der Waals surface area contributed by atoms with Crippen LogP contribution in [0.1, 0.15) is 5.69 Å². The van der Waals surface area contributed by atoms with E-state index in [4.69, 9.17) is 9.05 Å². The molecule has 1 aromatic carbocycles. The van der Waals surface area contributed by atoms with Gasteiger partial charge in [-0.2, -0.15) is 0 Å². The van der Waals surface area contributed by atoms with Crippen molar-refractivity contribution in [3.63, 3.8) is 0 Å². The summed E-state index contributed by atoms with van der Waals surface area (Å²) in [6.07, 6.45) is 0. The van der Waals surface area contributed by atoms with Crippen LogP contribution in [0.3, 0.4) is 0 Å². The summed E-state index contributed by atoms with van der Waals surface area (Å²) in [5.41, 5.74) is 1.65. The van der Waals surface area contributed by atoms with Crippen molar-refractivity contribution in [3.8, 4) is 10.6 Å². The summed E-state index contributed by atoms with van der Waals surface area (Å²) in [5.74, 6) is 0. The first-order valence-electron chi connectivity index (χ1n) is 5.45. The number of aromatic nitrogens is 1. The molecule has 0 bridgehead atoms. The molecule has 19 heavy (non-hydrogen) atoms. The summed E-state index contributed by atoms with van der Waals surface area (Å²) in [6, 6.07) is 7.79. The number of nitrogens with zero attached hydrogens (tertiary/aromatic N) is 1. The standard InChI is InChI=1S/C12H13BrNO3PS/c1-8-12(18(15,16-2)17-3)19-11(14-8)9-4-6-10(13)7-5-9/h4-7H,1-3H3. The first kappa shape index (κ1) is 14.9. The molecule has 102 valence electrons. The second-order valence-corrected chi connectivity index (χ2v) is 8.17. The number of hydrogen-bond acceptors (Lipinski definition) is 5. The van der Waals surface area contributed by atoms with E-state index in [1.54, 1.807) is 6.92 Å². The maximum atomic E-state index is 12.4. The maximum absolute atomic E-state index is 12.4. The van der Waals surface area contributed by atoms with Crippen molar-refractivity contribution in [1.29, 1.82) is 0 Å². The van der Waals surface area contributed by atoms with E-state index in [1.807, 2.05) is 24.3 Å². The molecule has 4 nitrogen and oxygen atoms in total. The molecule has 0 spiro atoms. The minimum atomic E-state index is -3.23. The zero-order valence-corrected chi connectivity index (χ0v) is 14.0. The summed E-state index contributed by atoms with van der Waals surface area (Å²) < 4.78 is 24.0. The normalized spacial score (nSPS) is 11.8. The van der Waals surface area contributed by atoms with Crippen LogP contribution in [0.15, 0.2) is 28.7 Å². The van der Waals surface area contributed by atoms with Gasteiger partial charge in [0.15, 0.2) is 0 Å². The Labute approximate surface area is 124 Å². The van der Waals surface area contributed by atoms with Crippen LogP contribution in [0.5, 0.6) is 0 Å². The van der Waals surface area contributed by atoms with Crippen LogP contribution in [-0.4, -0.2) is 19.2 Å². The van der Waals surface area contributed by atoms with Crippen LogP contribution >= 0.6 is 34.9 Å². The molecular weight excluding hydrogens is 349 g/mol. The predicted octanol–water partition coefficient (Wildman–Crippen LogP) is 3.99. The quantitative estimate of drug-likeness (QED) is 0.772. The van der Waals surface area contributed by atoms with E-state index >= 15 is 0 Å². The fraction of sp³-hybridized carbons (Fsp3) is 0.250. The highest BCUT2D eigenvalue weighted by Gasteiger charge is 2.30. The lowest BCUT2D eigenvalue weighted by molar-refractivity contribution is 0.288. The lowest BCUT2D eigenvalue weighted by Gasteiger charge is -2.11. The van der Waals surface area contributed by atoms with Gasteiger partial charge in [-0.1, -0.05) is 28.1 Å². The highest BCUT2D eigenvalue weighted by atomic mass is 79.9. The zero-order valence-electron chi connectivity index (χ0n) is 10.7. The van der Waals surface area contributed by atoms with Crippen LogP contribution in [0, 0.1) is 6.92 Å². The van der Waals surface area contributed by atoms with Gasteiger partial charge in [0.2, 0.25) is 0 Å². The van der Waals surface area contributed by atoms with Crippen LogP contribution in [0.2, 0.25) is 0 Å². The van der Waals surface area contributed by atoms with Gasteiger partial charge < -0.3 is 9.05 Å². The maximum Gasteiger partial charge on any atom is 0.372 e. The van der Waals surface area contributed by atoms with Gasteiger partial charge in [0.25, 0.3) is 0 Å². The molecule has 0 aliphatic rings. The Bertz CT molecular complexity index is 618. The summed E-state index contributed by atoms with van der Waals surface area (Å²) in [7, 11) is -0.478. The molecule has 0 amide bonds. The van der Waals surface area contributed by atoms with E-state index in [0.29, 0.717) is 10.3 Å². The Morgan fingerprint density at radius 3 is 2.32 bits per heavy atom. The molecule has 0 saturated carbocycles. The van der Waals surface area contributed by atoms with E-state index < -0.39 is 7.60 Å². The minimum absolute atomic E-state index is 0.551. The molecule has 1 aromatic heterocycles. The molecule has 0 radical (unpaired) electrons. The number of thiazole rings is 1. The Morgan fingerprint density at radius 2 is 1.79 bits per heavy atom. The number of halogens is 1. The topological polar surface area (TPSA) is 48.4 Å². The molecular formula is C12H13BrNO3PS. The van der Waals surface area contributed by atoms with Gasteiger partial charge >= 0.3 is 7.60 Å². The monoisotopic (exact) mass is 361 g/mol. The summed E-state index contributed by atoms with van der Waals surface area (Å²) in [4.78, 5) is 4.44. The van der Waals surface area contributed by atoms with Crippen molar-refractivity contribution < 1.29 is 13.6 Å². The average Bonchev–Trinajstić information content (AvgIpc) is 2.81. The number of rotatable bonds is 4. The molecule has 2 rings (SSSR count). The number of hydrogen-bond donors (Lipinski definition) is 0. The van der Waals surface area contributed by atoms with E-state index in [0.717, 1.165) is 15.0 Å². The lowest BCUT2D eigenvalue weighted by Crippen LogP contribution is -2.06. The van der Waals surface area contributed by atoms with E-state index in [-0.39, 0.29) is 0 Å². The summed E-state index contributed by atoms with van der Waals surface area (Å²) in [6.45, 7) is 1.80. The molecule has 0 N–H and O–H groups in total. The van der Waals surface area contributed by atoms with Crippen molar-refractivity contribution in [2.45, 2.75) is 6.92 Å². The predicted molar refractivity (Wildman–Crippen MR) is 81.2 cm³/mol. The molecule has 0 unspecified atom stereocenters. The lowest BCUT2D eigenvalue weighted by atomic mass is 10.2. The van der Waals surface area contributed by atoms with Crippen LogP contribution in [0.4, 0.5) is 0 Å². The molecule has 1 heterocycles. The Kier molecular flexibility index (Phi) is 4.58. The van der Waals surface area contributed by atoms with Crippen molar-refractivity contribution >= 4 is 39.5 Å². The molecule has 0 saturated heterocycles. The fourth-order valence-electron chi connectivity index (χ4n) is 1.60. The van der Waals surface area contributed by atoms with Gasteiger partial charge in [0.1, 0.15) is 9.63 Å². The van der Waals surface area contributed by atoms with Crippen molar-refractivity contribution in [1.82, 2.24) is 4.98 Å². The average molecular weight is 362 g/mol. The van der Waals surface area contributed by atoms with Crippen molar-refractivity contribution in [3.05, 3.63) is 34.4 Å². The van der Waals surface area contributed by atoms with Crippen molar-refractivity contribution in [2.75, 3.05) is 14.2 Å². The number of benzene rings is 1. The molecule has 0 fully saturated rings. The van der Waals surface area contributed by atoms with Gasteiger partial charge in [-0.3, -0.25) is 4.57 Å². The fourth-order valence-corrected chi connectivity index (χ4v) is 4.76. The van der Waals surface area contributed by atoms with E-state index in [2.05, 4.69) is 20.9 Å². The third kappa shape index (κ3) is 2.98. The minimum Gasteiger partial charge on any atom is -0.308 e. The first-order chi connectivity index (χ1) is 9.00. The van der Waals surface area contributed by atoms with Gasteiger partial charge in [-0.15, -0.1) is 11.3 Å². The third-order valence-corrected chi connectivity index (χ3v) is 6.86. The Balaban J connectivity index is 2.47. The Hall–Kier alpha value is -0.520. The van der Waals surface area contributed by atoms with E-state index in [1.165, 1.54) is 25.6 Å². The summed E-state index contributed by atoms with van der Waals surface area (Å²) >= 11 is 4.73. The molecule has 0 aliphatic carbocycles. The second kappa shape index (κ2) is 5.85. The van der Waals surface area contributed by atoms with E-state index in [9.17, 15) is 4.57 Å².